The fraction of sp³-hybridized carbons (Fsp3) is 0.310. The molecular formula is C29H31N3. The lowest BCUT2D eigenvalue weighted by Crippen LogP contribution is -1.94. The van der Waals surface area contributed by atoms with Crippen LogP contribution in [0.15, 0.2) is 78.1 Å². The van der Waals surface area contributed by atoms with Crippen molar-refractivity contribution in [1.29, 1.82) is 0 Å². The standard InChI is InChI=1S/C29H31N3/c1-14-15(2)23-9-22(14)10-24-16(3)18(5)26(30-24)12-28-20(7)21(8)29(32-28)13-27-19(6)17(4)25(11-23)31-27/h10-13,30H,9H2,1-8H3. The second-order valence-electron chi connectivity index (χ2n) is 9.52. The Hall–Kier alpha value is -3.20. The van der Waals surface area contributed by atoms with Gasteiger partial charge in [0.05, 0.1) is 22.8 Å². The monoisotopic (exact) mass is 421 g/mol. The van der Waals surface area contributed by atoms with Gasteiger partial charge in [-0.2, -0.15) is 0 Å². The van der Waals surface area contributed by atoms with Crippen molar-refractivity contribution in [3.8, 4) is 0 Å². The number of hydrogen-bond acceptors (Lipinski definition) is 2. The summed E-state index contributed by atoms with van der Waals surface area (Å²) >= 11 is 0. The molecule has 0 spiro atoms. The summed E-state index contributed by atoms with van der Waals surface area (Å²) in [6, 6.07) is 0. The highest BCUT2D eigenvalue weighted by Gasteiger charge is 2.24. The Kier molecular flexibility index (Phi) is 4.63. The number of allylic oxidation sites excluding steroid dienone is 10. The normalized spacial score (nSPS) is 20.5. The van der Waals surface area contributed by atoms with E-state index >= 15 is 0 Å². The fourth-order valence-electron chi connectivity index (χ4n) is 4.83. The molecule has 1 aliphatic carbocycles. The summed E-state index contributed by atoms with van der Waals surface area (Å²) in [6.45, 7) is 17.6. The molecule has 1 aromatic rings. The quantitative estimate of drug-likeness (QED) is 0.450. The van der Waals surface area contributed by atoms with Gasteiger partial charge >= 0.3 is 0 Å². The minimum Gasteiger partial charge on any atom is -0.355 e. The van der Waals surface area contributed by atoms with Crippen molar-refractivity contribution in [2.45, 2.75) is 61.8 Å². The molecule has 4 aliphatic rings. The molecular weight excluding hydrogens is 390 g/mol. The van der Waals surface area contributed by atoms with Gasteiger partial charge in [0.2, 0.25) is 0 Å². The molecule has 0 saturated heterocycles. The van der Waals surface area contributed by atoms with Gasteiger partial charge in [0.25, 0.3) is 0 Å². The third kappa shape index (κ3) is 3.02. The summed E-state index contributed by atoms with van der Waals surface area (Å²) in [5.41, 5.74) is 19.5. The Morgan fingerprint density at radius 3 is 1.59 bits per heavy atom. The maximum Gasteiger partial charge on any atom is 0.0691 e. The third-order valence-corrected chi connectivity index (χ3v) is 7.87. The topological polar surface area (TPSA) is 40.5 Å². The van der Waals surface area contributed by atoms with Crippen molar-refractivity contribution < 1.29 is 0 Å². The zero-order valence-corrected chi connectivity index (χ0v) is 20.4. The molecule has 0 radical (unpaired) electrons. The van der Waals surface area contributed by atoms with Gasteiger partial charge in [-0.15, -0.1) is 0 Å². The van der Waals surface area contributed by atoms with Gasteiger partial charge in [-0.05, 0) is 142 Å². The number of aromatic amines is 1. The maximum atomic E-state index is 5.03. The first kappa shape index (κ1) is 20.7. The average Bonchev–Trinajstić information content (AvgIpc) is 3.37. The van der Waals surface area contributed by atoms with Crippen LogP contribution in [-0.2, 0) is 0 Å². The van der Waals surface area contributed by atoms with E-state index in [-0.39, 0.29) is 0 Å². The summed E-state index contributed by atoms with van der Waals surface area (Å²) in [5.74, 6) is 0. The van der Waals surface area contributed by atoms with Crippen molar-refractivity contribution in [2.75, 3.05) is 0 Å². The van der Waals surface area contributed by atoms with E-state index in [0.717, 1.165) is 34.9 Å². The van der Waals surface area contributed by atoms with E-state index in [9.17, 15) is 0 Å². The molecule has 8 bridgehead atoms. The van der Waals surface area contributed by atoms with Crippen LogP contribution in [0.25, 0.3) is 12.2 Å². The highest BCUT2D eigenvalue weighted by atomic mass is 14.8. The molecule has 32 heavy (non-hydrogen) atoms. The molecule has 5 rings (SSSR count). The Labute approximate surface area is 191 Å². The molecule has 1 N–H and O–H groups in total. The first-order valence-corrected chi connectivity index (χ1v) is 11.4. The number of nitrogens with zero attached hydrogens (tertiary/aromatic N) is 2. The van der Waals surface area contributed by atoms with Crippen LogP contribution in [0.5, 0.6) is 0 Å². The largest absolute Gasteiger partial charge is 0.355 e. The third-order valence-electron chi connectivity index (χ3n) is 7.87. The Bertz CT molecular complexity index is 1380. The predicted molar refractivity (Wildman–Crippen MR) is 137 cm³/mol. The fourth-order valence-corrected chi connectivity index (χ4v) is 4.83. The number of H-pyrrole nitrogens is 1. The molecule has 0 amide bonds. The van der Waals surface area contributed by atoms with E-state index in [1.54, 1.807) is 0 Å². The van der Waals surface area contributed by atoms with E-state index in [0.29, 0.717) is 0 Å². The van der Waals surface area contributed by atoms with Crippen molar-refractivity contribution >= 4 is 23.6 Å². The van der Waals surface area contributed by atoms with Crippen LogP contribution >= 0.6 is 0 Å². The van der Waals surface area contributed by atoms with Gasteiger partial charge in [-0.3, -0.25) is 0 Å². The van der Waals surface area contributed by atoms with Gasteiger partial charge in [-0.1, -0.05) is 0 Å². The van der Waals surface area contributed by atoms with Gasteiger partial charge in [-0.25, -0.2) is 9.98 Å². The number of rotatable bonds is 0. The van der Waals surface area contributed by atoms with Crippen molar-refractivity contribution in [1.82, 2.24) is 4.98 Å². The molecule has 3 heteroatoms. The van der Waals surface area contributed by atoms with E-state index in [1.807, 2.05) is 0 Å². The molecule has 162 valence electrons. The lowest BCUT2D eigenvalue weighted by atomic mass is 10.0. The second-order valence-corrected chi connectivity index (χ2v) is 9.52. The zero-order chi connectivity index (χ0) is 22.9. The van der Waals surface area contributed by atoms with E-state index < -0.39 is 0 Å². The van der Waals surface area contributed by atoms with Gasteiger partial charge < -0.3 is 4.98 Å². The van der Waals surface area contributed by atoms with Gasteiger partial charge in [0.1, 0.15) is 0 Å². The molecule has 0 fully saturated rings. The first-order chi connectivity index (χ1) is 15.2. The van der Waals surface area contributed by atoms with Crippen molar-refractivity contribution in [3.63, 3.8) is 0 Å². The molecule has 3 aliphatic heterocycles. The summed E-state index contributed by atoms with van der Waals surface area (Å²) in [7, 11) is 0. The van der Waals surface area contributed by atoms with Crippen LogP contribution < -0.4 is 0 Å². The first-order valence-electron chi connectivity index (χ1n) is 11.4. The maximum absolute atomic E-state index is 5.03. The highest BCUT2D eigenvalue weighted by molar-refractivity contribution is 6.16. The SMILES string of the molecule is CC1=C(C)C2=Cc3[nH]c(c(C)c3C)C=C3N=C(C=C4N=C(C=C1C2)C(C)=C4C)C(C)=C3C. The van der Waals surface area contributed by atoms with Crippen LogP contribution in [-0.4, -0.2) is 16.4 Å². The molecule has 0 unspecified atom stereocenters. The zero-order valence-electron chi connectivity index (χ0n) is 20.4. The molecule has 0 atom stereocenters. The van der Waals surface area contributed by atoms with E-state index in [1.165, 1.54) is 61.4 Å². The van der Waals surface area contributed by atoms with Crippen LogP contribution in [0.1, 0.15) is 70.5 Å². The molecule has 3 nitrogen and oxygen atoms in total. The number of fused-ring (bicyclic) bond motifs is 6. The van der Waals surface area contributed by atoms with Crippen LogP contribution in [0, 0.1) is 13.8 Å². The average molecular weight is 422 g/mol. The Morgan fingerprint density at radius 1 is 0.531 bits per heavy atom. The predicted octanol–water partition coefficient (Wildman–Crippen LogP) is 7.50. The lowest BCUT2D eigenvalue weighted by molar-refractivity contribution is 1.22. The van der Waals surface area contributed by atoms with Crippen LogP contribution in [0.4, 0.5) is 0 Å². The summed E-state index contributed by atoms with van der Waals surface area (Å²) in [5, 5.41) is 0. The smallest absolute Gasteiger partial charge is 0.0691 e. The highest BCUT2D eigenvalue weighted by Crippen LogP contribution is 2.39. The van der Waals surface area contributed by atoms with Gasteiger partial charge in [0.15, 0.2) is 0 Å². The second kappa shape index (κ2) is 7.16. The Morgan fingerprint density at radius 2 is 1.00 bits per heavy atom. The number of nitrogens with one attached hydrogen (secondary N) is 1. The summed E-state index contributed by atoms with van der Waals surface area (Å²) in [4.78, 5) is 13.7. The van der Waals surface area contributed by atoms with Crippen molar-refractivity contribution in [3.05, 3.63) is 90.6 Å². The molecule has 4 heterocycles. The Balaban J connectivity index is 1.80. The minimum atomic E-state index is 0.947. The number of aromatic nitrogens is 1. The van der Waals surface area contributed by atoms with Crippen molar-refractivity contribution in [2.24, 2.45) is 9.98 Å². The molecule has 0 aromatic carbocycles. The van der Waals surface area contributed by atoms with E-state index in [4.69, 9.17) is 9.98 Å². The van der Waals surface area contributed by atoms with Crippen LogP contribution in [0.3, 0.4) is 0 Å². The lowest BCUT2D eigenvalue weighted by Gasteiger charge is -2.02. The van der Waals surface area contributed by atoms with Crippen LogP contribution in [0.2, 0.25) is 0 Å². The van der Waals surface area contributed by atoms with Gasteiger partial charge in [0, 0.05) is 11.4 Å². The summed E-state index contributed by atoms with van der Waals surface area (Å²) < 4.78 is 0. The molecule has 1 aromatic heterocycles. The number of aliphatic imine (C=N–C) groups is 2. The minimum absolute atomic E-state index is 0.947. The summed E-state index contributed by atoms with van der Waals surface area (Å²) in [6.07, 6.45) is 9.93. The van der Waals surface area contributed by atoms with E-state index in [2.05, 4.69) is 84.7 Å². The molecule has 0 saturated carbocycles. The number of hydrogen-bond donors (Lipinski definition) is 1.